The van der Waals surface area contributed by atoms with Gasteiger partial charge in [-0.25, -0.2) is 9.78 Å². The summed E-state index contributed by atoms with van der Waals surface area (Å²) in [6.07, 6.45) is -0.434. The minimum absolute atomic E-state index is 0.0279. The predicted octanol–water partition coefficient (Wildman–Crippen LogP) is 1.34. The van der Waals surface area contributed by atoms with Crippen molar-refractivity contribution in [3.05, 3.63) is 17.8 Å². The third-order valence-electron chi connectivity index (χ3n) is 8.86. The molecule has 2 aromatic rings. The van der Waals surface area contributed by atoms with E-state index in [1.807, 2.05) is 21.6 Å². The molecule has 14 nitrogen and oxygen atoms in total. The summed E-state index contributed by atoms with van der Waals surface area (Å²) in [6.45, 7) is 5.61. The second-order valence-electron chi connectivity index (χ2n) is 12.1. The van der Waals surface area contributed by atoms with Crippen LogP contribution in [0.3, 0.4) is 0 Å². The fourth-order valence-electron chi connectivity index (χ4n) is 6.29. The Morgan fingerprint density at radius 1 is 1.04 bits per heavy atom. The van der Waals surface area contributed by atoms with Crippen LogP contribution in [0.1, 0.15) is 31.2 Å². The first-order valence-corrected chi connectivity index (χ1v) is 17.0. The van der Waals surface area contributed by atoms with Gasteiger partial charge in [0.1, 0.15) is 5.82 Å². The number of carbonyl (C=O) groups is 2. The number of alkyl halides is 3. The Balaban J connectivity index is 0.997. The zero-order valence-electron chi connectivity index (χ0n) is 26.0. The van der Waals surface area contributed by atoms with Gasteiger partial charge >= 0.3 is 12.2 Å². The Hall–Kier alpha value is -3.64. The van der Waals surface area contributed by atoms with Crippen LogP contribution >= 0.6 is 11.8 Å². The highest BCUT2D eigenvalue weighted by Gasteiger charge is 2.42. The number of nitrogen functional groups attached to an aromatic ring is 1. The van der Waals surface area contributed by atoms with E-state index in [-0.39, 0.29) is 47.2 Å². The minimum atomic E-state index is -4.68. The molecule has 18 heteroatoms. The zero-order valence-corrected chi connectivity index (χ0v) is 26.8. The van der Waals surface area contributed by atoms with Crippen LogP contribution in [0.15, 0.2) is 12.3 Å². The van der Waals surface area contributed by atoms with Gasteiger partial charge < -0.3 is 36.2 Å². The third-order valence-corrected chi connectivity index (χ3v) is 10.4. The van der Waals surface area contributed by atoms with Crippen LogP contribution in [-0.4, -0.2) is 125 Å². The number of morpholine rings is 1. The standard InChI is InChI=1S/C29H40F3N11O3S/c30-29(31,32)19-15-22(33)35-16-18(19)25-38-26(40-27(39-25)43-11-13-46-14-12-43)42-9-7-41(8-10-42)6-5-34-23(44)4-2-1-3-21-24-20(17-47-21)36-28(45)37-24/h15-16,20-21,24H,1-14,17H2,(H2,33,35)(H,34,44)(H2,36,37,45). The van der Waals surface area contributed by atoms with Gasteiger partial charge in [-0.3, -0.25) is 9.69 Å². The van der Waals surface area contributed by atoms with Gasteiger partial charge in [-0.15, -0.1) is 0 Å². The number of amides is 3. The number of fused-ring (bicyclic) bond motifs is 1. The first-order valence-electron chi connectivity index (χ1n) is 16.0. The second kappa shape index (κ2) is 14.6. The number of rotatable bonds is 11. The molecule has 2 aromatic heterocycles. The molecule has 0 aliphatic carbocycles. The van der Waals surface area contributed by atoms with Gasteiger partial charge in [-0.1, -0.05) is 6.42 Å². The molecular weight excluding hydrogens is 639 g/mol. The highest BCUT2D eigenvalue weighted by molar-refractivity contribution is 8.00. The van der Waals surface area contributed by atoms with E-state index in [9.17, 15) is 22.8 Å². The quantitative estimate of drug-likeness (QED) is 0.199. The second-order valence-corrected chi connectivity index (χ2v) is 13.3. The van der Waals surface area contributed by atoms with Crippen molar-refractivity contribution in [1.82, 2.24) is 40.8 Å². The number of hydrogen-bond acceptors (Lipinski definition) is 12. The Morgan fingerprint density at radius 2 is 1.77 bits per heavy atom. The summed E-state index contributed by atoms with van der Waals surface area (Å²) in [4.78, 5) is 47.5. The van der Waals surface area contributed by atoms with Gasteiger partial charge in [0.05, 0.1) is 36.4 Å². The fourth-order valence-corrected chi connectivity index (χ4v) is 7.84. The summed E-state index contributed by atoms with van der Waals surface area (Å²) >= 11 is 1.88. The van der Waals surface area contributed by atoms with Gasteiger partial charge in [0.2, 0.25) is 17.8 Å². The third kappa shape index (κ3) is 8.27. The predicted molar refractivity (Wildman–Crippen MR) is 171 cm³/mol. The van der Waals surface area contributed by atoms with Crippen molar-refractivity contribution in [3.63, 3.8) is 0 Å². The fraction of sp³-hybridized carbons (Fsp3) is 0.655. The zero-order chi connectivity index (χ0) is 33.0. The molecule has 6 rings (SSSR count). The van der Waals surface area contributed by atoms with E-state index in [1.165, 1.54) is 0 Å². The van der Waals surface area contributed by atoms with Gasteiger partial charge in [0.25, 0.3) is 0 Å². The summed E-state index contributed by atoms with van der Waals surface area (Å²) in [5, 5.41) is 9.36. The number of urea groups is 1. The number of nitrogens with zero attached hydrogens (tertiary/aromatic N) is 7. The van der Waals surface area contributed by atoms with Crippen LogP contribution in [0.25, 0.3) is 11.4 Å². The molecule has 47 heavy (non-hydrogen) atoms. The maximum absolute atomic E-state index is 14.0. The largest absolute Gasteiger partial charge is 0.417 e. The Kier molecular flexibility index (Phi) is 10.4. The number of carbonyl (C=O) groups excluding carboxylic acids is 2. The number of thioether (sulfide) groups is 1. The molecule has 0 radical (unpaired) electrons. The monoisotopic (exact) mass is 679 g/mol. The van der Waals surface area contributed by atoms with Gasteiger partial charge in [0.15, 0.2) is 5.82 Å². The van der Waals surface area contributed by atoms with E-state index in [2.05, 4.69) is 40.8 Å². The van der Waals surface area contributed by atoms with Crippen LogP contribution in [0, 0.1) is 0 Å². The van der Waals surface area contributed by atoms with Crippen LogP contribution in [0.2, 0.25) is 0 Å². The van der Waals surface area contributed by atoms with Crippen LogP contribution in [-0.2, 0) is 15.7 Å². The number of nitrogens with two attached hydrogens (primary N) is 1. The molecule has 3 amide bonds. The van der Waals surface area contributed by atoms with Crippen molar-refractivity contribution < 1.29 is 27.5 Å². The summed E-state index contributed by atoms with van der Waals surface area (Å²) in [5.41, 5.74) is 4.38. The maximum atomic E-state index is 14.0. The van der Waals surface area contributed by atoms with E-state index in [0.717, 1.165) is 37.3 Å². The average molecular weight is 680 g/mol. The number of halogens is 3. The van der Waals surface area contributed by atoms with Crippen LogP contribution < -0.4 is 31.5 Å². The topological polar surface area (TPSA) is 167 Å². The van der Waals surface area contributed by atoms with Crippen molar-refractivity contribution in [2.24, 2.45) is 0 Å². The molecule has 0 aromatic carbocycles. The molecule has 4 aliphatic heterocycles. The lowest BCUT2D eigenvalue weighted by molar-refractivity contribution is -0.137. The first-order chi connectivity index (χ1) is 22.6. The summed E-state index contributed by atoms with van der Waals surface area (Å²) < 4.78 is 47.3. The Bertz CT molecular complexity index is 1420. The SMILES string of the molecule is Nc1cc(C(F)(F)F)c(-c2nc(N3CCOCC3)nc(N3CCN(CCNC(=O)CCCCC4SCC5NC(=O)NC54)CC3)n2)cn1. The highest BCUT2D eigenvalue weighted by atomic mass is 32.2. The number of piperazine rings is 1. The summed E-state index contributed by atoms with van der Waals surface area (Å²) in [5.74, 6) is 1.19. The van der Waals surface area contributed by atoms with Crippen molar-refractivity contribution in [2.45, 2.75) is 49.2 Å². The van der Waals surface area contributed by atoms with Gasteiger partial charge in [-0.05, 0) is 18.9 Å². The number of anilines is 3. The van der Waals surface area contributed by atoms with E-state index < -0.39 is 11.7 Å². The normalized spacial score (nSPS) is 23.4. The lowest BCUT2D eigenvalue weighted by Crippen LogP contribution is -2.49. The molecule has 6 heterocycles. The van der Waals surface area contributed by atoms with E-state index in [4.69, 9.17) is 10.5 Å². The van der Waals surface area contributed by atoms with Gasteiger partial charge in [-0.2, -0.15) is 39.9 Å². The van der Waals surface area contributed by atoms with Crippen molar-refractivity contribution in [2.75, 3.05) is 86.9 Å². The molecule has 0 saturated carbocycles. The Morgan fingerprint density at radius 3 is 2.49 bits per heavy atom. The maximum Gasteiger partial charge on any atom is 0.417 e. The summed E-state index contributed by atoms with van der Waals surface area (Å²) in [7, 11) is 0. The number of unbranched alkanes of at least 4 members (excludes halogenated alkanes) is 1. The molecule has 4 fully saturated rings. The van der Waals surface area contributed by atoms with E-state index in [0.29, 0.717) is 83.2 Å². The first kappa shape index (κ1) is 33.3. The lowest BCUT2D eigenvalue weighted by atomic mass is 10.0. The summed E-state index contributed by atoms with van der Waals surface area (Å²) in [6, 6.07) is 1.11. The molecule has 3 unspecified atom stereocenters. The average Bonchev–Trinajstić information content (AvgIpc) is 3.62. The number of aromatic nitrogens is 4. The molecule has 256 valence electrons. The lowest BCUT2D eigenvalue weighted by Gasteiger charge is -2.35. The van der Waals surface area contributed by atoms with Crippen molar-refractivity contribution in [3.8, 4) is 11.4 Å². The molecule has 5 N–H and O–H groups in total. The molecule has 4 saturated heterocycles. The highest BCUT2D eigenvalue weighted by Crippen LogP contribution is 2.37. The Labute approximate surface area is 274 Å². The smallest absolute Gasteiger partial charge is 0.384 e. The minimum Gasteiger partial charge on any atom is -0.384 e. The molecule has 0 spiro atoms. The molecule has 4 aliphatic rings. The van der Waals surface area contributed by atoms with E-state index >= 15 is 0 Å². The van der Waals surface area contributed by atoms with E-state index in [1.54, 1.807) is 0 Å². The van der Waals surface area contributed by atoms with Crippen molar-refractivity contribution in [1.29, 1.82) is 0 Å². The number of pyridine rings is 1. The number of ether oxygens (including phenoxy) is 1. The molecular formula is C29H40F3N11O3S. The van der Waals surface area contributed by atoms with Crippen LogP contribution in [0.5, 0.6) is 0 Å². The number of hydrogen-bond donors (Lipinski definition) is 4. The molecule has 0 bridgehead atoms. The number of nitrogens with one attached hydrogen (secondary N) is 3. The van der Waals surface area contributed by atoms with Gasteiger partial charge in [0, 0.05) is 76.0 Å². The van der Waals surface area contributed by atoms with Crippen molar-refractivity contribution >= 4 is 41.4 Å². The van der Waals surface area contributed by atoms with Crippen LogP contribution in [0.4, 0.5) is 35.7 Å². The molecule has 3 atom stereocenters.